The average molecular weight is 483 g/mol. The minimum atomic E-state index is -1.00. The van der Waals surface area contributed by atoms with Gasteiger partial charge in [-0.1, -0.05) is 59.7 Å². The zero-order chi connectivity index (χ0) is 20.4. The maximum atomic E-state index is 13.2. The van der Waals surface area contributed by atoms with Gasteiger partial charge in [0.15, 0.2) is 0 Å². The number of thioether (sulfide) groups is 1. The predicted octanol–water partition coefficient (Wildman–Crippen LogP) is 4.03. The average Bonchev–Trinajstić information content (AvgIpc) is 3.06. The second-order valence-corrected chi connectivity index (χ2v) is 9.06. The second kappa shape index (κ2) is 8.75. The van der Waals surface area contributed by atoms with Crippen molar-refractivity contribution in [3.05, 3.63) is 33.1 Å². The van der Waals surface area contributed by atoms with Crippen LogP contribution in [0.3, 0.4) is 0 Å². The lowest BCUT2D eigenvalue weighted by Crippen LogP contribution is -2.31. The first kappa shape index (κ1) is 21.0. The molecule has 1 aromatic rings. The van der Waals surface area contributed by atoms with Gasteiger partial charge < -0.3 is 10.0 Å². The molecule has 148 valence electrons. The molecular weight excluding hydrogens is 464 g/mol. The van der Waals surface area contributed by atoms with E-state index >= 15 is 0 Å². The second-order valence-electron chi connectivity index (χ2n) is 6.50. The van der Waals surface area contributed by atoms with E-state index in [1.54, 1.807) is 4.90 Å². The number of hydrogen-bond donors (Lipinski definition) is 1. The number of unbranched alkanes of at least 4 members (excludes halogenated alkanes) is 2. The molecule has 0 saturated carbocycles. The summed E-state index contributed by atoms with van der Waals surface area (Å²) >= 11 is 9.77. The molecule has 28 heavy (non-hydrogen) atoms. The van der Waals surface area contributed by atoms with E-state index in [4.69, 9.17) is 17.3 Å². The highest BCUT2D eigenvalue weighted by Crippen LogP contribution is 2.45. The number of rotatable bonds is 7. The Morgan fingerprint density at radius 3 is 2.61 bits per heavy atom. The largest absolute Gasteiger partial charge is 0.481 e. The first-order valence-electron chi connectivity index (χ1n) is 8.96. The standard InChI is InChI=1S/C19H19BrN2O4S2/c1-2-3-4-8-21-13-6-5-11(20)10-12(13)15(17(21)25)16-18(26)22(19(27)28-16)9-7-14(23)24/h5-6,10H,2-4,7-9H2,1H3,(H,23,24)/b16-15+. The van der Waals surface area contributed by atoms with Gasteiger partial charge in [0, 0.05) is 23.1 Å². The normalized spacial score (nSPS) is 19.0. The van der Waals surface area contributed by atoms with Gasteiger partial charge in [0.1, 0.15) is 4.32 Å². The number of carbonyl (C=O) groups excluding carboxylic acids is 2. The molecule has 9 heteroatoms. The third kappa shape index (κ3) is 4.01. The van der Waals surface area contributed by atoms with Crippen LogP contribution in [0.2, 0.25) is 0 Å². The van der Waals surface area contributed by atoms with Crippen molar-refractivity contribution in [1.29, 1.82) is 0 Å². The number of fused-ring (bicyclic) bond motifs is 1. The Balaban J connectivity index is 2.00. The van der Waals surface area contributed by atoms with E-state index < -0.39 is 11.9 Å². The van der Waals surface area contributed by atoms with Crippen LogP contribution in [-0.4, -0.2) is 45.2 Å². The van der Waals surface area contributed by atoms with Gasteiger partial charge in [-0.3, -0.25) is 19.3 Å². The number of anilines is 1. The molecule has 1 aromatic carbocycles. The molecule has 6 nitrogen and oxygen atoms in total. The highest BCUT2D eigenvalue weighted by molar-refractivity contribution is 9.10. The van der Waals surface area contributed by atoms with Crippen LogP contribution >= 0.6 is 39.9 Å². The van der Waals surface area contributed by atoms with Crippen molar-refractivity contribution < 1.29 is 19.5 Å². The topological polar surface area (TPSA) is 77.9 Å². The molecule has 0 aromatic heterocycles. The Labute approximate surface area is 181 Å². The number of carboxylic acid groups (broad SMARTS) is 1. The quantitative estimate of drug-likeness (QED) is 0.359. The minimum Gasteiger partial charge on any atom is -0.481 e. The Hall–Kier alpha value is -1.71. The fourth-order valence-corrected chi connectivity index (χ4v) is 4.96. The number of aliphatic carboxylic acids is 1. The van der Waals surface area contributed by atoms with Crippen LogP contribution < -0.4 is 4.90 Å². The fourth-order valence-electron chi connectivity index (χ4n) is 3.21. The molecule has 1 fully saturated rings. The first-order chi connectivity index (χ1) is 13.3. The van der Waals surface area contributed by atoms with Crippen molar-refractivity contribution in [2.45, 2.75) is 32.6 Å². The zero-order valence-corrected chi connectivity index (χ0v) is 18.5. The molecule has 2 heterocycles. The summed E-state index contributed by atoms with van der Waals surface area (Å²) in [4.78, 5) is 40.2. The van der Waals surface area contributed by atoms with Gasteiger partial charge in [0.25, 0.3) is 11.8 Å². The van der Waals surface area contributed by atoms with Crippen LogP contribution in [0.15, 0.2) is 27.6 Å². The maximum Gasteiger partial charge on any atom is 0.305 e. The molecule has 0 atom stereocenters. The molecule has 2 aliphatic rings. The van der Waals surface area contributed by atoms with Gasteiger partial charge in [-0.2, -0.15) is 0 Å². The molecule has 0 unspecified atom stereocenters. The van der Waals surface area contributed by atoms with Crippen molar-refractivity contribution in [3.63, 3.8) is 0 Å². The van der Waals surface area contributed by atoms with Crippen LogP contribution in [0, 0.1) is 0 Å². The minimum absolute atomic E-state index is 0.00345. The Kier molecular flexibility index (Phi) is 6.57. The summed E-state index contributed by atoms with van der Waals surface area (Å²) in [5.74, 6) is -1.61. The SMILES string of the molecule is CCCCCN1C(=O)/C(=C2/SC(=S)N(CCC(=O)O)C2=O)c2cc(Br)ccc21. The molecule has 0 spiro atoms. The Morgan fingerprint density at radius 2 is 1.93 bits per heavy atom. The van der Waals surface area contributed by atoms with E-state index in [-0.39, 0.29) is 28.1 Å². The smallest absolute Gasteiger partial charge is 0.305 e. The number of amides is 2. The highest BCUT2D eigenvalue weighted by atomic mass is 79.9. The third-order valence-electron chi connectivity index (χ3n) is 4.59. The van der Waals surface area contributed by atoms with Crippen molar-refractivity contribution in [1.82, 2.24) is 4.90 Å². The van der Waals surface area contributed by atoms with Gasteiger partial charge in [-0.05, 0) is 24.6 Å². The van der Waals surface area contributed by atoms with Crippen LogP contribution in [0.5, 0.6) is 0 Å². The lowest BCUT2D eigenvalue weighted by Gasteiger charge is -2.16. The summed E-state index contributed by atoms with van der Waals surface area (Å²) in [6.07, 6.45) is 2.74. The number of benzene rings is 1. The van der Waals surface area contributed by atoms with Crippen molar-refractivity contribution in [2.75, 3.05) is 18.0 Å². The fraction of sp³-hybridized carbons (Fsp3) is 0.368. The van der Waals surface area contributed by atoms with E-state index in [1.165, 1.54) is 4.90 Å². The van der Waals surface area contributed by atoms with Gasteiger partial charge in [0.05, 0.1) is 22.6 Å². The van der Waals surface area contributed by atoms with Crippen molar-refractivity contribution >= 4 is 73.3 Å². The molecule has 0 bridgehead atoms. The van der Waals surface area contributed by atoms with Gasteiger partial charge in [0.2, 0.25) is 0 Å². The number of carboxylic acids is 1. The first-order valence-corrected chi connectivity index (χ1v) is 11.0. The van der Waals surface area contributed by atoms with E-state index in [1.807, 2.05) is 18.2 Å². The summed E-state index contributed by atoms with van der Waals surface area (Å²) in [5.41, 5.74) is 1.84. The Bertz CT molecular complexity index is 900. The van der Waals surface area contributed by atoms with Crippen LogP contribution in [0.4, 0.5) is 5.69 Å². The van der Waals surface area contributed by atoms with E-state index in [9.17, 15) is 14.4 Å². The highest BCUT2D eigenvalue weighted by Gasteiger charge is 2.41. The Morgan fingerprint density at radius 1 is 1.18 bits per heavy atom. The number of hydrogen-bond acceptors (Lipinski definition) is 5. The van der Waals surface area contributed by atoms with Crippen molar-refractivity contribution in [2.24, 2.45) is 0 Å². The summed E-state index contributed by atoms with van der Waals surface area (Å²) in [5, 5.41) is 8.90. The molecular formula is C19H19BrN2O4S2. The third-order valence-corrected chi connectivity index (χ3v) is 6.53. The lowest BCUT2D eigenvalue weighted by atomic mass is 10.1. The van der Waals surface area contributed by atoms with Gasteiger partial charge >= 0.3 is 5.97 Å². The molecule has 0 aliphatic carbocycles. The molecule has 3 rings (SSSR count). The van der Waals surface area contributed by atoms with Gasteiger partial charge in [-0.15, -0.1) is 0 Å². The van der Waals surface area contributed by atoms with Gasteiger partial charge in [-0.25, -0.2) is 0 Å². The summed E-state index contributed by atoms with van der Waals surface area (Å²) < 4.78 is 1.09. The van der Waals surface area contributed by atoms with E-state index in [0.29, 0.717) is 17.7 Å². The summed E-state index contributed by atoms with van der Waals surface area (Å²) in [6.45, 7) is 2.69. The van der Waals surface area contributed by atoms with Crippen LogP contribution in [0.1, 0.15) is 38.2 Å². The predicted molar refractivity (Wildman–Crippen MR) is 117 cm³/mol. The lowest BCUT2D eigenvalue weighted by molar-refractivity contribution is -0.137. The number of carbonyl (C=O) groups is 3. The maximum absolute atomic E-state index is 13.2. The monoisotopic (exact) mass is 482 g/mol. The summed E-state index contributed by atoms with van der Waals surface area (Å²) in [6, 6.07) is 5.59. The van der Waals surface area contributed by atoms with Crippen LogP contribution in [-0.2, 0) is 14.4 Å². The van der Waals surface area contributed by atoms with E-state index in [2.05, 4.69) is 22.9 Å². The van der Waals surface area contributed by atoms with Crippen LogP contribution in [0.25, 0.3) is 5.57 Å². The van der Waals surface area contributed by atoms with Crippen molar-refractivity contribution in [3.8, 4) is 0 Å². The number of halogens is 1. The molecule has 1 N–H and O–H groups in total. The molecule has 0 radical (unpaired) electrons. The zero-order valence-electron chi connectivity index (χ0n) is 15.2. The summed E-state index contributed by atoms with van der Waals surface area (Å²) in [7, 11) is 0. The molecule has 2 amide bonds. The molecule has 1 saturated heterocycles. The van der Waals surface area contributed by atoms with E-state index in [0.717, 1.165) is 41.2 Å². The molecule has 2 aliphatic heterocycles. The number of thiocarbonyl (C=S) groups is 1. The number of nitrogens with zero attached hydrogens (tertiary/aromatic N) is 2.